The van der Waals surface area contributed by atoms with Gasteiger partial charge in [0.2, 0.25) is 5.95 Å². The Morgan fingerprint density at radius 3 is 2.46 bits per heavy atom. The number of benzene rings is 1. The molecular weight excluding hydrogens is 332 g/mol. The summed E-state index contributed by atoms with van der Waals surface area (Å²) >= 11 is 0. The summed E-state index contributed by atoms with van der Waals surface area (Å²) in [5, 5.41) is 3.19. The molecule has 2 aliphatic rings. The summed E-state index contributed by atoms with van der Waals surface area (Å²) in [6, 6.07) is 9.21. The predicted molar refractivity (Wildman–Crippen MR) is 97.8 cm³/mol. The molecule has 0 aliphatic carbocycles. The zero-order chi connectivity index (χ0) is 18.0. The summed E-state index contributed by atoms with van der Waals surface area (Å²) in [6.45, 7) is 4.60. The van der Waals surface area contributed by atoms with Crippen molar-refractivity contribution in [2.45, 2.75) is 25.6 Å². The highest BCUT2D eigenvalue weighted by atomic mass is 16.7. The van der Waals surface area contributed by atoms with Gasteiger partial charge >= 0.3 is 0 Å². The average molecular weight is 354 g/mol. The first-order chi connectivity index (χ1) is 12.6. The lowest BCUT2D eigenvalue weighted by Gasteiger charge is -2.38. The van der Waals surface area contributed by atoms with Crippen molar-refractivity contribution in [3.63, 3.8) is 0 Å². The van der Waals surface area contributed by atoms with Gasteiger partial charge in [0.05, 0.1) is 13.2 Å². The molecule has 0 saturated carbocycles. The Balaban J connectivity index is 1.42. The number of ketones is 1. The molecule has 1 aromatic heterocycles. The van der Waals surface area contributed by atoms with Crippen LogP contribution in [0.1, 0.15) is 30.1 Å². The van der Waals surface area contributed by atoms with E-state index in [1.165, 1.54) is 0 Å². The van der Waals surface area contributed by atoms with E-state index in [1.807, 2.05) is 18.2 Å². The number of carbonyl (C=O) groups is 1. The van der Waals surface area contributed by atoms with Crippen molar-refractivity contribution in [1.82, 2.24) is 9.97 Å². The van der Waals surface area contributed by atoms with E-state index < -0.39 is 0 Å². The van der Waals surface area contributed by atoms with Gasteiger partial charge in [-0.2, -0.15) is 4.98 Å². The van der Waals surface area contributed by atoms with E-state index in [1.54, 1.807) is 25.3 Å². The van der Waals surface area contributed by atoms with Crippen molar-refractivity contribution in [2.24, 2.45) is 0 Å². The lowest BCUT2D eigenvalue weighted by molar-refractivity contribution is -0.169. The molecule has 1 N–H and O–H groups in total. The number of piperidine rings is 1. The molecule has 1 aromatic carbocycles. The van der Waals surface area contributed by atoms with Gasteiger partial charge in [0.1, 0.15) is 5.82 Å². The summed E-state index contributed by atoms with van der Waals surface area (Å²) in [5.41, 5.74) is 1.53. The van der Waals surface area contributed by atoms with Gasteiger partial charge in [-0.25, -0.2) is 4.98 Å². The third-order valence-corrected chi connectivity index (χ3v) is 4.85. The fourth-order valence-electron chi connectivity index (χ4n) is 3.37. The highest BCUT2D eigenvalue weighted by Gasteiger charge is 2.40. The number of nitrogens with one attached hydrogen (secondary N) is 1. The molecule has 7 heteroatoms. The van der Waals surface area contributed by atoms with Crippen molar-refractivity contribution in [3.8, 4) is 0 Å². The van der Waals surface area contributed by atoms with Crippen LogP contribution in [-0.4, -0.2) is 47.8 Å². The fraction of sp³-hybridized carbons (Fsp3) is 0.421. The normalized spacial score (nSPS) is 18.9. The van der Waals surface area contributed by atoms with Crippen LogP contribution in [0.3, 0.4) is 0 Å². The summed E-state index contributed by atoms with van der Waals surface area (Å²) in [7, 11) is 0. The third-order valence-electron chi connectivity index (χ3n) is 4.85. The van der Waals surface area contributed by atoms with Crippen LogP contribution in [0.5, 0.6) is 0 Å². The number of Topliss-reactive ketones (excluding diaryl/α,β-unsaturated/α-hetero) is 1. The van der Waals surface area contributed by atoms with Gasteiger partial charge in [-0.3, -0.25) is 4.79 Å². The number of aromatic nitrogens is 2. The lowest BCUT2D eigenvalue weighted by atomic mass is 10.0. The number of hydrogen-bond acceptors (Lipinski definition) is 7. The Hall–Kier alpha value is -2.51. The van der Waals surface area contributed by atoms with Crippen molar-refractivity contribution in [2.75, 3.05) is 36.5 Å². The van der Waals surface area contributed by atoms with Gasteiger partial charge < -0.3 is 19.7 Å². The molecule has 3 heterocycles. The van der Waals surface area contributed by atoms with Gasteiger partial charge in [0.15, 0.2) is 11.6 Å². The van der Waals surface area contributed by atoms with Crippen LogP contribution < -0.4 is 10.2 Å². The van der Waals surface area contributed by atoms with E-state index >= 15 is 0 Å². The number of carbonyl (C=O) groups excluding carboxylic acids is 1. The maximum Gasteiger partial charge on any atom is 0.229 e. The van der Waals surface area contributed by atoms with Gasteiger partial charge in [-0.1, -0.05) is 0 Å². The first-order valence-corrected chi connectivity index (χ1v) is 8.88. The van der Waals surface area contributed by atoms with Crippen LogP contribution in [-0.2, 0) is 9.47 Å². The summed E-state index contributed by atoms with van der Waals surface area (Å²) in [5.74, 6) is 1.08. The van der Waals surface area contributed by atoms with Crippen LogP contribution in [0.4, 0.5) is 17.5 Å². The second-order valence-corrected chi connectivity index (χ2v) is 6.59. The topological polar surface area (TPSA) is 76.6 Å². The molecule has 7 nitrogen and oxygen atoms in total. The minimum absolute atomic E-state index is 0.0490. The fourth-order valence-corrected chi connectivity index (χ4v) is 3.37. The molecule has 0 amide bonds. The highest BCUT2D eigenvalue weighted by Crippen LogP contribution is 2.32. The first kappa shape index (κ1) is 16.9. The molecule has 2 aliphatic heterocycles. The van der Waals surface area contributed by atoms with Gasteiger partial charge in [-0.15, -0.1) is 0 Å². The lowest BCUT2D eigenvalue weighted by Crippen LogP contribution is -2.45. The van der Waals surface area contributed by atoms with E-state index in [2.05, 4.69) is 20.2 Å². The zero-order valence-corrected chi connectivity index (χ0v) is 14.8. The first-order valence-electron chi connectivity index (χ1n) is 8.88. The highest BCUT2D eigenvalue weighted by molar-refractivity contribution is 5.94. The molecule has 0 unspecified atom stereocenters. The number of anilines is 3. The van der Waals surface area contributed by atoms with E-state index in [-0.39, 0.29) is 11.6 Å². The number of rotatable bonds is 4. The molecule has 2 saturated heterocycles. The number of nitrogens with zero attached hydrogens (tertiary/aromatic N) is 3. The van der Waals surface area contributed by atoms with Gasteiger partial charge in [0.25, 0.3) is 0 Å². The predicted octanol–water partition coefficient (Wildman–Crippen LogP) is 2.77. The Labute approximate surface area is 152 Å². The standard InChI is InChI=1S/C19H22N4O3/c1-14(24)15-2-4-16(5-3-15)21-18-20-9-6-17(22-18)23-10-7-19(8-11-23)25-12-13-26-19/h2-6,9H,7-8,10-13H2,1H3,(H,20,21,22). The zero-order valence-electron chi connectivity index (χ0n) is 14.8. The molecule has 0 bridgehead atoms. The molecular formula is C19H22N4O3. The van der Waals surface area contributed by atoms with Gasteiger partial charge in [0, 0.05) is 43.4 Å². The van der Waals surface area contributed by atoms with Crippen molar-refractivity contribution in [3.05, 3.63) is 42.1 Å². The minimum atomic E-state index is -0.386. The molecule has 2 fully saturated rings. The maximum absolute atomic E-state index is 11.4. The van der Waals surface area contributed by atoms with Crippen LogP contribution in [0.2, 0.25) is 0 Å². The van der Waals surface area contributed by atoms with Crippen molar-refractivity contribution >= 4 is 23.2 Å². The largest absolute Gasteiger partial charge is 0.356 e. The molecule has 0 atom stereocenters. The van der Waals surface area contributed by atoms with Crippen LogP contribution in [0, 0.1) is 0 Å². The second-order valence-electron chi connectivity index (χ2n) is 6.59. The summed E-state index contributed by atoms with van der Waals surface area (Å²) < 4.78 is 11.6. The third kappa shape index (κ3) is 3.54. The molecule has 1 spiro atoms. The summed E-state index contributed by atoms with van der Waals surface area (Å²) in [6.07, 6.45) is 3.43. The molecule has 26 heavy (non-hydrogen) atoms. The van der Waals surface area contributed by atoms with E-state index in [0.717, 1.165) is 37.4 Å². The Morgan fingerprint density at radius 1 is 1.12 bits per heavy atom. The Bertz CT molecular complexity index is 778. The van der Waals surface area contributed by atoms with Gasteiger partial charge in [-0.05, 0) is 37.3 Å². The average Bonchev–Trinajstić information content (AvgIpc) is 3.11. The van der Waals surface area contributed by atoms with E-state index in [0.29, 0.717) is 24.7 Å². The Kier molecular flexibility index (Phi) is 4.57. The van der Waals surface area contributed by atoms with E-state index in [4.69, 9.17) is 9.47 Å². The van der Waals surface area contributed by atoms with Crippen LogP contribution in [0.15, 0.2) is 36.5 Å². The monoisotopic (exact) mass is 354 g/mol. The van der Waals surface area contributed by atoms with E-state index in [9.17, 15) is 4.79 Å². The molecule has 4 rings (SSSR count). The minimum Gasteiger partial charge on any atom is -0.356 e. The number of ether oxygens (including phenoxy) is 2. The molecule has 0 radical (unpaired) electrons. The van der Waals surface area contributed by atoms with Crippen molar-refractivity contribution < 1.29 is 14.3 Å². The SMILES string of the molecule is CC(=O)c1ccc(Nc2nccc(N3CCC4(CC3)OCCO4)n2)cc1. The smallest absolute Gasteiger partial charge is 0.229 e. The number of hydrogen-bond donors (Lipinski definition) is 1. The Morgan fingerprint density at radius 2 is 1.81 bits per heavy atom. The molecule has 2 aromatic rings. The maximum atomic E-state index is 11.4. The van der Waals surface area contributed by atoms with Crippen LogP contribution >= 0.6 is 0 Å². The molecule has 136 valence electrons. The summed E-state index contributed by atoms with van der Waals surface area (Å²) in [4.78, 5) is 22.5. The second kappa shape index (κ2) is 7.01. The van der Waals surface area contributed by atoms with Crippen LogP contribution in [0.25, 0.3) is 0 Å². The van der Waals surface area contributed by atoms with Crippen molar-refractivity contribution in [1.29, 1.82) is 0 Å². The quantitative estimate of drug-likeness (QED) is 0.846.